The van der Waals surface area contributed by atoms with Gasteiger partial charge in [0.2, 0.25) is 0 Å². The zero-order valence-corrected chi connectivity index (χ0v) is 13.3. The van der Waals surface area contributed by atoms with Crippen molar-refractivity contribution in [1.82, 2.24) is 9.97 Å². The molecule has 6 heteroatoms. The number of para-hydroxylation sites is 1. The zero-order valence-electron chi connectivity index (χ0n) is 13.3. The van der Waals surface area contributed by atoms with Gasteiger partial charge in [-0.3, -0.25) is 4.79 Å². The van der Waals surface area contributed by atoms with Gasteiger partial charge in [0.1, 0.15) is 5.75 Å². The summed E-state index contributed by atoms with van der Waals surface area (Å²) in [4.78, 5) is 31.4. The smallest absolute Gasteiger partial charge is 0.338 e. The lowest BCUT2D eigenvalue weighted by molar-refractivity contribution is 0.0319. The molecule has 24 heavy (non-hydrogen) atoms. The van der Waals surface area contributed by atoms with Gasteiger partial charge in [0.25, 0.3) is 5.56 Å². The molecule has 3 rings (SSSR count). The molecule has 0 bridgehead atoms. The highest BCUT2D eigenvalue weighted by molar-refractivity contribution is 5.90. The molecule has 3 aromatic rings. The number of carbonyl (C=O) groups excluding carboxylic acids is 1. The molecule has 6 nitrogen and oxygen atoms in total. The molecule has 122 valence electrons. The SMILES string of the molecule is COc1cccc(C(=O)O[C@H](C)c2nc3ccccc3c(=O)[nH]2)c1. The van der Waals surface area contributed by atoms with E-state index in [2.05, 4.69) is 9.97 Å². The molecule has 0 unspecified atom stereocenters. The fraction of sp³-hybridized carbons (Fsp3) is 0.167. The van der Waals surface area contributed by atoms with Gasteiger partial charge in [0, 0.05) is 0 Å². The number of fused-ring (bicyclic) bond motifs is 1. The number of ether oxygens (including phenoxy) is 2. The molecule has 1 atom stereocenters. The molecule has 1 aromatic heterocycles. The van der Waals surface area contributed by atoms with E-state index in [1.165, 1.54) is 7.11 Å². The molecule has 1 N–H and O–H groups in total. The van der Waals surface area contributed by atoms with E-state index in [0.29, 0.717) is 28.0 Å². The molecule has 0 saturated carbocycles. The molecule has 0 fully saturated rings. The van der Waals surface area contributed by atoms with Crippen molar-refractivity contribution in [3.63, 3.8) is 0 Å². The van der Waals surface area contributed by atoms with Crippen LogP contribution in [0.5, 0.6) is 5.75 Å². The van der Waals surface area contributed by atoms with Crippen LogP contribution in [-0.4, -0.2) is 23.0 Å². The number of rotatable bonds is 4. The molecule has 1 heterocycles. The van der Waals surface area contributed by atoms with E-state index in [-0.39, 0.29) is 5.56 Å². The Labute approximate surface area is 138 Å². The highest BCUT2D eigenvalue weighted by Gasteiger charge is 2.17. The van der Waals surface area contributed by atoms with E-state index in [4.69, 9.17) is 9.47 Å². The maximum absolute atomic E-state index is 12.2. The fourth-order valence-corrected chi connectivity index (χ4v) is 2.33. The fourth-order valence-electron chi connectivity index (χ4n) is 2.33. The highest BCUT2D eigenvalue weighted by atomic mass is 16.5. The summed E-state index contributed by atoms with van der Waals surface area (Å²) < 4.78 is 10.5. The summed E-state index contributed by atoms with van der Waals surface area (Å²) >= 11 is 0. The summed E-state index contributed by atoms with van der Waals surface area (Å²) in [5.41, 5.74) is 0.657. The van der Waals surface area contributed by atoms with Crippen LogP contribution in [0.25, 0.3) is 10.9 Å². The van der Waals surface area contributed by atoms with E-state index < -0.39 is 12.1 Å². The largest absolute Gasteiger partial charge is 0.497 e. The summed E-state index contributed by atoms with van der Waals surface area (Å²) in [6, 6.07) is 13.7. The van der Waals surface area contributed by atoms with Crippen LogP contribution in [-0.2, 0) is 4.74 Å². The van der Waals surface area contributed by atoms with Gasteiger partial charge >= 0.3 is 5.97 Å². The average Bonchev–Trinajstić information content (AvgIpc) is 2.61. The van der Waals surface area contributed by atoms with Crippen LogP contribution in [0.3, 0.4) is 0 Å². The first-order chi connectivity index (χ1) is 11.6. The van der Waals surface area contributed by atoms with E-state index in [1.54, 1.807) is 55.5 Å². The van der Waals surface area contributed by atoms with Crippen molar-refractivity contribution in [2.24, 2.45) is 0 Å². The predicted molar refractivity (Wildman–Crippen MR) is 89.2 cm³/mol. The van der Waals surface area contributed by atoms with Crippen molar-refractivity contribution in [1.29, 1.82) is 0 Å². The van der Waals surface area contributed by atoms with Crippen LogP contribution in [0, 0.1) is 0 Å². The quantitative estimate of drug-likeness (QED) is 0.746. The second kappa shape index (κ2) is 6.54. The summed E-state index contributed by atoms with van der Waals surface area (Å²) in [5, 5.41) is 0.493. The molecular formula is C18H16N2O4. The van der Waals surface area contributed by atoms with Crippen LogP contribution in [0.2, 0.25) is 0 Å². The van der Waals surface area contributed by atoms with Crippen molar-refractivity contribution in [2.75, 3.05) is 7.11 Å². The molecule has 0 saturated heterocycles. The van der Waals surface area contributed by atoms with E-state index >= 15 is 0 Å². The number of nitrogens with zero attached hydrogens (tertiary/aromatic N) is 1. The lowest BCUT2D eigenvalue weighted by atomic mass is 10.2. The third-order valence-corrected chi connectivity index (χ3v) is 3.61. The number of aromatic amines is 1. The molecule has 0 aliphatic carbocycles. The summed E-state index contributed by atoms with van der Waals surface area (Å²) in [7, 11) is 1.52. The minimum atomic E-state index is -0.694. The average molecular weight is 324 g/mol. The van der Waals surface area contributed by atoms with Crippen LogP contribution >= 0.6 is 0 Å². The molecule has 2 aromatic carbocycles. The number of esters is 1. The summed E-state index contributed by atoms with van der Waals surface area (Å²) in [5.74, 6) is 0.349. The lowest BCUT2D eigenvalue weighted by Crippen LogP contribution is -2.17. The van der Waals surface area contributed by atoms with Gasteiger partial charge in [0.15, 0.2) is 11.9 Å². The summed E-state index contributed by atoms with van der Waals surface area (Å²) in [6.07, 6.45) is -0.694. The normalized spacial score (nSPS) is 11.9. The number of hydrogen-bond acceptors (Lipinski definition) is 5. The van der Waals surface area contributed by atoms with Gasteiger partial charge in [-0.15, -0.1) is 0 Å². The number of methoxy groups -OCH3 is 1. The number of benzene rings is 2. The van der Waals surface area contributed by atoms with Crippen LogP contribution < -0.4 is 10.3 Å². The van der Waals surface area contributed by atoms with Crippen molar-refractivity contribution in [3.8, 4) is 5.75 Å². The minimum Gasteiger partial charge on any atom is -0.497 e. The van der Waals surface area contributed by atoms with Crippen LogP contribution in [0.15, 0.2) is 53.3 Å². The Morgan fingerprint density at radius 3 is 2.75 bits per heavy atom. The predicted octanol–water partition coefficient (Wildman–Crippen LogP) is 2.85. The Bertz CT molecular complexity index is 949. The van der Waals surface area contributed by atoms with Gasteiger partial charge in [-0.25, -0.2) is 9.78 Å². The van der Waals surface area contributed by atoms with E-state index in [0.717, 1.165) is 0 Å². The standard InChI is InChI=1S/C18H16N2O4/c1-11(24-18(22)12-6-5-7-13(10-12)23-2)16-19-15-9-4-3-8-14(15)17(21)20-16/h3-11H,1-2H3,(H,19,20,21)/t11-/m1/s1. The van der Waals surface area contributed by atoms with Crippen LogP contribution in [0.4, 0.5) is 0 Å². The maximum atomic E-state index is 12.2. The van der Waals surface area contributed by atoms with Crippen molar-refractivity contribution in [2.45, 2.75) is 13.0 Å². The Hall–Kier alpha value is -3.15. The second-order valence-electron chi connectivity index (χ2n) is 5.25. The van der Waals surface area contributed by atoms with Crippen LogP contribution in [0.1, 0.15) is 29.2 Å². The maximum Gasteiger partial charge on any atom is 0.338 e. The zero-order chi connectivity index (χ0) is 17.1. The number of nitrogens with one attached hydrogen (secondary N) is 1. The van der Waals surface area contributed by atoms with E-state index in [9.17, 15) is 9.59 Å². The lowest BCUT2D eigenvalue weighted by Gasteiger charge is -2.13. The first-order valence-electron chi connectivity index (χ1n) is 7.42. The second-order valence-corrected chi connectivity index (χ2v) is 5.25. The number of H-pyrrole nitrogens is 1. The number of hydrogen-bond donors (Lipinski definition) is 1. The van der Waals surface area contributed by atoms with Gasteiger partial charge < -0.3 is 14.5 Å². The monoisotopic (exact) mass is 324 g/mol. The van der Waals surface area contributed by atoms with Crippen molar-refractivity contribution < 1.29 is 14.3 Å². The van der Waals surface area contributed by atoms with E-state index in [1.807, 2.05) is 0 Å². The first kappa shape index (κ1) is 15.7. The molecular weight excluding hydrogens is 308 g/mol. The van der Waals surface area contributed by atoms with Crippen molar-refractivity contribution >= 4 is 16.9 Å². The summed E-state index contributed by atoms with van der Waals surface area (Å²) in [6.45, 7) is 1.66. The molecule has 0 radical (unpaired) electrons. The highest BCUT2D eigenvalue weighted by Crippen LogP contribution is 2.18. The number of carbonyl (C=O) groups is 1. The third-order valence-electron chi connectivity index (χ3n) is 3.61. The topological polar surface area (TPSA) is 81.3 Å². The Balaban J connectivity index is 1.85. The van der Waals surface area contributed by atoms with Crippen molar-refractivity contribution in [3.05, 3.63) is 70.3 Å². The Morgan fingerprint density at radius 2 is 1.96 bits per heavy atom. The van der Waals surface area contributed by atoms with Gasteiger partial charge in [0.05, 0.1) is 23.6 Å². The first-order valence-corrected chi connectivity index (χ1v) is 7.42. The molecule has 0 aliphatic heterocycles. The Kier molecular flexibility index (Phi) is 4.29. The van der Waals surface area contributed by atoms with Gasteiger partial charge in [-0.2, -0.15) is 0 Å². The molecule has 0 amide bonds. The van der Waals surface area contributed by atoms with Gasteiger partial charge in [-0.1, -0.05) is 18.2 Å². The Morgan fingerprint density at radius 1 is 1.17 bits per heavy atom. The molecule has 0 spiro atoms. The number of aromatic nitrogens is 2. The van der Waals surface area contributed by atoms with Gasteiger partial charge in [-0.05, 0) is 37.3 Å². The molecule has 0 aliphatic rings. The minimum absolute atomic E-state index is 0.264. The third kappa shape index (κ3) is 3.12.